The Hall–Kier alpha value is -1.94. The van der Waals surface area contributed by atoms with Gasteiger partial charge < -0.3 is 5.32 Å². The lowest BCUT2D eigenvalue weighted by molar-refractivity contribution is 0.0942. The maximum Gasteiger partial charge on any atom is 0.280 e. The molecule has 1 aromatic heterocycles. The molecule has 2 fully saturated rings. The van der Waals surface area contributed by atoms with Crippen LogP contribution in [0, 0.1) is 5.92 Å². The molecule has 0 bridgehead atoms. The monoisotopic (exact) mass is 557 g/mol. The van der Waals surface area contributed by atoms with Gasteiger partial charge in [-0.25, -0.2) is 18.1 Å². The van der Waals surface area contributed by atoms with E-state index in [-0.39, 0.29) is 16.8 Å². The Morgan fingerprint density at radius 1 is 1.03 bits per heavy atom. The van der Waals surface area contributed by atoms with Crippen molar-refractivity contribution in [2.45, 2.75) is 75.8 Å². The number of hydrogen-bond acceptors (Lipinski definition) is 6. The number of carbonyl (C=O) groups excluding carboxylic acids is 1. The van der Waals surface area contributed by atoms with E-state index in [1.165, 1.54) is 43.4 Å². The van der Waals surface area contributed by atoms with E-state index in [2.05, 4.69) is 10.0 Å². The zero-order chi connectivity index (χ0) is 26.2. The molecule has 1 saturated heterocycles. The first-order valence-electron chi connectivity index (χ1n) is 13.1. The van der Waals surface area contributed by atoms with E-state index in [0.717, 1.165) is 39.4 Å². The van der Waals surface area contributed by atoms with Crippen molar-refractivity contribution in [2.75, 3.05) is 11.5 Å². The van der Waals surface area contributed by atoms with Crippen molar-refractivity contribution in [3.05, 3.63) is 47.1 Å². The number of aromatic nitrogens is 1. The quantitative estimate of drug-likeness (QED) is 0.372. The van der Waals surface area contributed by atoms with Crippen LogP contribution in [-0.2, 0) is 16.4 Å². The molecule has 2 aromatic carbocycles. The van der Waals surface area contributed by atoms with Crippen LogP contribution >= 0.6 is 23.1 Å². The minimum absolute atomic E-state index is 0.107. The Labute approximate surface area is 228 Å². The summed E-state index contributed by atoms with van der Waals surface area (Å²) in [4.78, 5) is 19.2. The number of thiazole rings is 1. The van der Waals surface area contributed by atoms with Crippen LogP contribution in [0.25, 0.3) is 21.2 Å². The van der Waals surface area contributed by atoms with Crippen LogP contribution in [0.15, 0.2) is 41.3 Å². The highest BCUT2D eigenvalue weighted by molar-refractivity contribution is 8.00. The van der Waals surface area contributed by atoms with E-state index in [4.69, 9.17) is 4.98 Å². The molecule has 2 heterocycles. The fourth-order valence-electron chi connectivity index (χ4n) is 5.19. The molecular formula is C28H35N3O3S3. The number of nitrogens with zero attached hydrogens (tertiary/aromatic N) is 1. The summed E-state index contributed by atoms with van der Waals surface area (Å²) >= 11 is 3.26. The Morgan fingerprint density at radius 2 is 1.73 bits per heavy atom. The van der Waals surface area contributed by atoms with Crippen molar-refractivity contribution in [2.24, 2.45) is 5.92 Å². The third-order valence-corrected chi connectivity index (χ3v) is 11.2. The molecule has 0 spiro atoms. The van der Waals surface area contributed by atoms with Crippen molar-refractivity contribution in [3.8, 4) is 10.4 Å². The second kappa shape index (κ2) is 10.7. The molecule has 1 aliphatic carbocycles. The molecule has 5 rings (SSSR count). The number of amides is 1. The van der Waals surface area contributed by atoms with Gasteiger partial charge in [-0.2, -0.15) is 11.8 Å². The maximum atomic E-state index is 13.3. The van der Waals surface area contributed by atoms with E-state index in [1.54, 1.807) is 6.07 Å². The first-order valence-corrected chi connectivity index (χ1v) is 16.5. The normalized spacial score (nSPS) is 17.6. The van der Waals surface area contributed by atoms with Crippen LogP contribution in [0.1, 0.15) is 68.4 Å². The van der Waals surface area contributed by atoms with Gasteiger partial charge in [-0.15, -0.1) is 11.3 Å². The molecule has 0 atom stereocenters. The first kappa shape index (κ1) is 26.7. The number of thioether (sulfide) groups is 1. The van der Waals surface area contributed by atoms with Crippen LogP contribution < -0.4 is 10.0 Å². The average molecular weight is 558 g/mol. The third kappa shape index (κ3) is 6.05. The first-order chi connectivity index (χ1) is 17.6. The summed E-state index contributed by atoms with van der Waals surface area (Å²) in [5.41, 5.74) is 1.30. The number of sulfonamides is 1. The highest BCUT2D eigenvalue weighted by Gasteiger charge is 2.28. The van der Waals surface area contributed by atoms with Gasteiger partial charge >= 0.3 is 0 Å². The van der Waals surface area contributed by atoms with Crippen LogP contribution in [0.2, 0.25) is 0 Å². The molecular weight excluding hydrogens is 523 g/mol. The van der Waals surface area contributed by atoms with Crippen molar-refractivity contribution in [1.29, 1.82) is 0 Å². The van der Waals surface area contributed by atoms with Gasteiger partial charge in [-0.1, -0.05) is 62.4 Å². The maximum absolute atomic E-state index is 13.3. The standard InChI is InChI=1S/C28H35N3O3S3/c1-28(2,3)31-37(33,34)24-14-13-22(20-11-7-8-12-21(20)24)25-23(15-18-9-5-4-6-10-18)30-27(36-25)26(32)29-19-16-35-17-19/h7-8,11-14,18-19,31H,4-6,9-10,15-17H2,1-3H3,(H,29,32). The summed E-state index contributed by atoms with van der Waals surface area (Å²) in [6.07, 6.45) is 7.00. The number of nitrogens with one attached hydrogen (secondary N) is 2. The molecule has 0 unspecified atom stereocenters. The topological polar surface area (TPSA) is 88.2 Å². The Bertz CT molecular complexity index is 1400. The predicted octanol–water partition coefficient (Wildman–Crippen LogP) is 6.01. The largest absolute Gasteiger partial charge is 0.346 e. The fraction of sp³-hybridized carbons (Fsp3) is 0.500. The summed E-state index contributed by atoms with van der Waals surface area (Å²) in [6, 6.07) is 11.4. The summed E-state index contributed by atoms with van der Waals surface area (Å²) in [5, 5.41) is 5.14. The Kier molecular flexibility index (Phi) is 7.69. The molecule has 0 radical (unpaired) electrons. The molecule has 1 amide bonds. The number of rotatable bonds is 7. The molecule has 37 heavy (non-hydrogen) atoms. The minimum Gasteiger partial charge on any atom is -0.346 e. The molecule has 9 heteroatoms. The zero-order valence-electron chi connectivity index (χ0n) is 21.7. The highest BCUT2D eigenvalue weighted by Crippen LogP contribution is 2.40. The van der Waals surface area contributed by atoms with Gasteiger partial charge in [-0.3, -0.25) is 4.79 Å². The fourth-order valence-corrected chi connectivity index (χ4v) is 8.49. The number of hydrogen-bond donors (Lipinski definition) is 2. The van der Waals surface area contributed by atoms with Crippen LogP contribution in [0.5, 0.6) is 0 Å². The van der Waals surface area contributed by atoms with Crippen LogP contribution in [-0.4, -0.2) is 42.4 Å². The van der Waals surface area contributed by atoms with Gasteiger partial charge in [0.05, 0.1) is 15.5 Å². The van der Waals surface area contributed by atoms with Gasteiger partial charge in [0, 0.05) is 34.0 Å². The summed E-state index contributed by atoms with van der Waals surface area (Å²) < 4.78 is 29.4. The number of benzene rings is 2. The van der Waals surface area contributed by atoms with Crippen LogP contribution in [0.4, 0.5) is 0 Å². The minimum atomic E-state index is -3.72. The van der Waals surface area contributed by atoms with Gasteiger partial charge in [0.2, 0.25) is 10.0 Å². The summed E-state index contributed by atoms with van der Waals surface area (Å²) in [7, 11) is -3.72. The molecule has 3 aromatic rings. The molecule has 1 saturated carbocycles. The second-order valence-electron chi connectivity index (χ2n) is 11.2. The van der Waals surface area contributed by atoms with E-state index in [9.17, 15) is 13.2 Å². The van der Waals surface area contributed by atoms with Crippen molar-refractivity contribution in [3.63, 3.8) is 0 Å². The van der Waals surface area contributed by atoms with E-state index in [1.807, 2.05) is 62.9 Å². The van der Waals surface area contributed by atoms with Gasteiger partial charge in [0.25, 0.3) is 5.91 Å². The molecule has 2 aliphatic rings. The lowest BCUT2D eigenvalue weighted by Gasteiger charge is -2.25. The lowest BCUT2D eigenvalue weighted by atomic mass is 9.85. The molecule has 198 valence electrons. The van der Waals surface area contributed by atoms with Crippen LogP contribution in [0.3, 0.4) is 0 Å². The van der Waals surface area contributed by atoms with E-state index < -0.39 is 15.6 Å². The van der Waals surface area contributed by atoms with Gasteiger partial charge in [-0.05, 0) is 44.6 Å². The number of carbonyl (C=O) groups is 1. The summed E-state index contributed by atoms with van der Waals surface area (Å²) in [5.74, 6) is 2.35. The van der Waals surface area contributed by atoms with Crippen molar-refractivity contribution in [1.82, 2.24) is 15.0 Å². The highest BCUT2D eigenvalue weighted by atomic mass is 32.2. The van der Waals surface area contributed by atoms with Gasteiger partial charge in [0.15, 0.2) is 5.01 Å². The molecule has 2 N–H and O–H groups in total. The second-order valence-corrected chi connectivity index (χ2v) is 14.9. The SMILES string of the molecule is CC(C)(C)NS(=O)(=O)c1ccc(-c2sc(C(=O)NC3CSC3)nc2CC2CCCCC2)c2ccccc12. The summed E-state index contributed by atoms with van der Waals surface area (Å²) in [6.45, 7) is 5.51. The number of fused-ring (bicyclic) bond motifs is 1. The average Bonchev–Trinajstić information content (AvgIpc) is 3.23. The van der Waals surface area contributed by atoms with Crippen molar-refractivity contribution < 1.29 is 13.2 Å². The lowest BCUT2D eigenvalue weighted by Crippen LogP contribution is -2.43. The predicted molar refractivity (Wildman–Crippen MR) is 154 cm³/mol. The molecule has 6 nitrogen and oxygen atoms in total. The zero-order valence-corrected chi connectivity index (χ0v) is 24.1. The van der Waals surface area contributed by atoms with Crippen molar-refractivity contribution >= 4 is 49.8 Å². The Morgan fingerprint density at radius 3 is 2.38 bits per heavy atom. The van der Waals surface area contributed by atoms with Gasteiger partial charge in [0.1, 0.15) is 0 Å². The van der Waals surface area contributed by atoms with E-state index >= 15 is 0 Å². The Balaban J connectivity index is 1.59. The third-order valence-electron chi connectivity index (χ3n) is 6.93. The van der Waals surface area contributed by atoms with E-state index in [0.29, 0.717) is 16.3 Å². The smallest absolute Gasteiger partial charge is 0.280 e. The molecule has 1 aliphatic heterocycles.